The van der Waals surface area contributed by atoms with E-state index in [1.54, 1.807) is 23.3 Å². The molecule has 3 aromatic rings. The second-order valence-corrected chi connectivity index (χ2v) is 10.8. The normalized spacial score (nSPS) is 13.8. The SMILES string of the molecule is C=C(Nc1ccc(-c2cnc(-c3ccc(NC)cc3)s2)c(SNC(C)(C)C)c1)C1CC1. The predicted octanol–water partition coefficient (Wildman–Crippen LogP) is 7.25. The van der Waals surface area contributed by atoms with Gasteiger partial charge in [-0.1, -0.05) is 12.6 Å². The highest BCUT2D eigenvalue weighted by atomic mass is 32.2. The average Bonchev–Trinajstić information content (AvgIpc) is 3.49. The first-order valence-electron chi connectivity index (χ1n) is 10.6. The third kappa shape index (κ3) is 5.70. The molecule has 6 heteroatoms. The Morgan fingerprint density at radius 3 is 2.45 bits per heavy atom. The van der Waals surface area contributed by atoms with Crippen LogP contribution in [0.4, 0.5) is 11.4 Å². The molecule has 1 aromatic heterocycles. The van der Waals surface area contributed by atoms with Gasteiger partial charge in [-0.2, -0.15) is 0 Å². The van der Waals surface area contributed by atoms with E-state index in [0.717, 1.165) is 27.6 Å². The Hall–Kier alpha value is -2.28. The van der Waals surface area contributed by atoms with Crippen LogP contribution in [0, 0.1) is 5.92 Å². The van der Waals surface area contributed by atoms with E-state index in [1.165, 1.54) is 28.2 Å². The molecular weight excluding hydrogens is 420 g/mol. The Kier molecular flexibility index (Phi) is 6.42. The molecule has 0 radical (unpaired) electrons. The maximum atomic E-state index is 4.71. The van der Waals surface area contributed by atoms with Crippen LogP contribution < -0.4 is 15.4 Å². The molecule has 0 spiro atoms. The molecule has 4 nitrogen and oxygen atoms in total. The van der Waals surface area contributed by atoms with Crippen molar-refractivity contribution < 1.29 is 0 Å². The molecule has 0 unspecified atom stereocenters. The van der Waals surface area contributed by atoms with Gasteiger partial charge < -0.3 is 10.6 Å². The molecule has 0 aliphatic heterocycles. The lowest BCUT2D eigenvalue weighted by atomic mass is 10.1. The Bertz CT molecular complexity index is 1060. The van der Waals surface area contributed by atoms with Crippen LogP contribution in [0.5, 0.6) is 0 Å². The van der Waals surface area contributed by atoms with Gasteiger partial charge in [-0.05, 0) is 87.9 Å². The highest BCUT2D eigenvalue weighted by Gasteiger charge is 2.25. The summed E-state index contributed by atoms with van der Waals surface area (Å²) in [5.41, 5.74) is 5.65. The summed E-state index contributed by atoms with van der Waals surface area (Å²) in [6, 6.07) is 14.9. The summed E-state index contributed by atoms with van der Waals surface area (Å²) < 4.78 is 3.56. The predicted molar refractivity (Wildman–Crippen MR) is 137 cm³/mol. The summed E-state index contributed by atoms with van der Waals surface area (Å²) >= 11 is 3.40. The average molecular weight is 451 g/mol. The third-order valence-electron chi connectivity index (χ3n) is 5.02. The highest BCUT2D eigenvalue weighted by Crippen LogP contribution is 2.40. The number of anilines is 2. The lowest BCUT2D eigenvalue weighted by Gasteiger charge is -2.21. The van der Waals surface area contributed by atoms with E-state index in [1.807, 2.05) is 13.2 Å². The molecular formula is C25H30N4S2. The molecule has 0 amide bonds. The molecule has 1 fully saturated rings. The summed E-state index contributed by atoms with van der Waals surface area (Å²) in [6.07, 6.45) is 4.48. The molecule has 1 saturated carbocycles. The van der Waals surface area contributed by atoms with Crippen LogP contribution in [0.15, 0.2) is 65.8 Å². The topological polar surface area (TPSA) is 49.0 Å². The van der Waals surface area contributed by atoms with Crippen LogP contribution in [-0.2, 0) is 0 Å². The number of aromatic nitrogens is 1. The zero-order valence-corrected chi connectivity index (χ0v) is 20.2. The second-order valence-electron chi connectivity index (χ2n) is 8.95. The maximum absolute atomic E-state index is 4.71. The monoisotopic (exact) mass is 450 g/mol. The fraction of sp³-hybridized carbons (Fsp3) is 0.320. The maximum Gasteiger partial charge on any atom is 0.123 e. The van der Waals surface area contributed by atoms with Gasteiger partial charge in [-0.15, -0.1) is 11.3 Å². The van der Waals surface area contributed by atoms with Crippen LogP contribution in [0.25, 0.3) is 21.0 Å². The van der Waals surface area contributed by atoms with E-state index < -0.39 is 0 Å². The van der Waals surface area contributed by atoms with E-state index in [0.29, 0.717) is 5.92 Å². The van der Waals surface area contributed by atoms with E-state index in [9.17, 15) is 0 Å². The summed E-state index contributed by atoms with van der Waals surface area (Å²) in [5.74, 6) is 0.627. The summed E-state index contributed by atoms with van der Waals surface area (Å²) in [4.78, 5) is 7.06. The molecule has 0 bridgehead atoms. The molecule has 0 atom stereocenters. The summed E-state index contributed by atoms with van der Waals surface area (Å²) in [5, 5.41) is 7.70. The minimum absolute atomic E-state index is 0.0108. The van der Waals surface area contributed by atoms with Crippen LogP contribution in [0.1, 0.15) is 33.6 Å². The van der Waals surface area contributed by atoms with Gasteiger partial charge in [0.05, 0.1) is 4.88 Å². The Morgan fingerprint density at radius 2 is 1.81 bits per heavy atom. The highest BCUT2D eigenvalue weighted by molar-refractivity contribution is 7.97. The van der Waals surface area contributed by atoms with Crippen LogP contribution >= 0.6 is 23.3 Å². The van der Waals surface area contributed by atoms with E-state index in [2.05, 4.69) is 85.2 Å². The van der Waals surface area contributed by atoms with Gasteiger partial charge in [0, 0.05) is 51.9 Å². The van der Waals surface area contributed by atoms with Crippen molar-refractivity contribution in [1.82, 2.24) is 9.71 Å². The Labute approximate surface area is 193 Å². The van der Waals surface area contributed by atoms with Crippen LogP contribution in [-0.4, -0.2) is 17.6 Å². The van der Waals surface area contributed by atoms with Gasteiger partial charge >= 0.3 is 0 Å². The second kappa shape index (κ2) is 9.07. The van der Waals surface area contributed by atoms with Crippen LogP contribution in [0.3, 0.4) is 0 Å². The summed E-state index contributed by atoms with van der Waals surface area (Å²) in [6.45, 7) is 10.7. The molecule has 1 aliphatic carbocycles. The Morgan fingerprint density at radius 1 is 1.10 bits per heavy atom. The minimum Gasteiger partial charge on any atom is -0.388 e. The first-order valence-corrected chi connectivity index (χ1v) is 12.2. The van der Waals surface area contributed by atoms with E-state index in [4.69, 9.17) is 4.98 Å². The third-order valence-corrected chi connectivity index (χ3v) is 7.37. The van der Waals surface area contributed by atoms with Gasteiger partial charge in [0.25, 0.3) is 0 Å². The first kappa shape index (κ1) is 21.9. The van der Waals surface area contributed by atoms with Crippen molar-refractivity contribution >= 4 is 34.7 Å². The number of hydrogen-bond acceptors (Lipinski definition) is 6. The van der Waals surface area contributed by atoms with Crippen molar-refractivity contribution in [3.8, 4) is 21.0 Å². The van der Waals surface area contributed by atoms with Crippen LogP contribution in [0.2, 0.25) is 0 Å². The molecule has 162 valence electrons. The van der Waals surface area contributed by atoms with E-state index in [-0.39, 0.29) is 5.54 Å². The zero-order valence-electron chi connectivity index (χ0n) is 18.6. The largest absolute Gasteiger partial charge is 0.388 e. The summed E-state index contributed by atoms with van der Waals surface area (Å²) in [7, 11) is 1.93. The fourth-order valence-electron chi connectivity index (χ4n) is 3.13. The molecule has 3 N–H and O–H groups in total. The number of nitrogens with one attached hydrogen (secondary N) is 3. The number of hydrogen-bond donors (Lipinski definition) is 3. The van der Waals surface area contributed by atoms with Gasteiger partial charge in [-0.25, -0.2) is 4.98 Å². The van der Waals surface area contributed by atoms with Crippen molar-refractivity contribution in [2.75, 3.05) is 17.7 Å². The van der Waals surface area contributed by atoms with E-state index >= 15 is 0 Å². The van der Waals surface area contributed by atoms with Crippen molar-refractivity contribution in [3.63, 3.8) is 0 Å². The lowest BCUT2D eigenvalue weighted by Crippen LogP contribution is -2.29. The number of benzene rings is 2. The minimum atomic E-state index is 0.0108. The van der Waals surface area contributed by atoms with Gasteiger partial charge in [0.15, 0.2) is 0 Å². The van der Waals surface area contributed by atoms with Gasteiger partial charge in [0.2, 0.25) is 0 Å². The number of nitrogens with zero attached hydrogens (tertiary/aromatic N) is 1. The molecule has 4 rings (SSSR count). The molecule has 31 heavy (non-hydrogen) atoms. The van der Waals surface area contributed by atoms with Gasteiger partial charge in [0.1, 0.15) is 5.01 Å². The number of rotatable bonds is 8. The van der Waals surface area contributed by atoms with Crippen molar-refractivity contribution in [3.05, 3.63) is 60.9 Å². The van der Waals surface area contributed by atoms with Crippen molar-refractivity contribution in [2.24, 2.45) is 5.92 Å². The molecule has 1 heterocycles. The standard InChI is InChI=1S/C25H30N4S2/c1-16(17-6-7-17)28-20-12-13-21(22(14-20)31-29-25(2,3)4)23-15-27-24(30-23)18-8-10-19(26-5)11-9-18/h8-15,17,26,28-29H,1,6-7H2,2-5H3. The first-order chi connectivity index (χ1) is 14.8. The number of thiazole rings is 1. The lowest BCUT2D eigenvalue weighted by molar-refractivity contribution is 0.535. The van der Waals surface area contributed by atoms with Crippen molar-refractivity contribution in [1.29, 1.82) is 0 Å². The zero-order chi connectivity index (χ0) is 22.0. The number of allylic oxidation sites excluding steroid dienone is 1. The fourth-order valence-corrected chi connectivity index (χ4v) is 5.04. The molecule has 2 aromatic carbocycles. The van der Waals surface area contributed by atoms with Crippen molar-refractivity contribution in [2.45, 2.75) is 44.0 Å². The quantitative estimate of drug-likeness (QED) is 0.316. The smallest absolute Gasteiger partial charge is 0.123 e. The van der Waals surface area contributed by atoms with Gasteiger partial charge in [-0.3, -0.25) is 4.72 Å². The molecule has 0 saturated heterocycles. The molecule has 1 aliphatic rings. The Balaban J connectivity index is 1.62.